The molecule has 0 aliphatic heterocycles. The number of fused-ring (bicyclic) bond motifs is 3. The second-order valence-corrected chi connectivity index (χ2v) is 5.49. The van der Waals surface area contributed by atoms with Crippen LogP contribution in [0.2, 0.25) is 0 Å². The number of aldehydes is 1. The quantitative estimate of drug-likeness (QED) is 0.704. The molecule has 0 amide bonds. The predicted molar refractivity (Wildman–Crippen MR) is 89.5 cm³/mol. The van der Waals surface area contributed by atoms with Gasteiger partial charge in [-0.05, 0) is 46.5 Å². The maximum absolute atomic E-state index is 11.6. The standard InChI is InChI=1S/C20H15NO/c22-13-20-17-9-5-4-8-16(17)18-11-10-15(12-19(18)20)21-14-6-2-1-3-7-14/h1-13,20-21H. The molecular formula is C20H15NO. The summed E-state index contributed by atoms with van der Waals surface area (Å²) in [6.07, 6.45) is 1.04. The smallest absolute Gasteiger partial charge is 0.131 e. The van der Waals surface area contributed by atoms with Gasteiger partial charge in [0, 0.05) is 11.4 Å². The van der Waals surface area contributed by atoms with Crippen molar-refractivity contribution in [1.82, 2.24) is 0 Å². The summed E-state index contributed by atoms with van der Waals surface area (Å²) in [5, 5.41) is 3.39. The van der Waals surface area contributed by atoms with E-state index in [0.29, 0.717) is 0 Å². The molecule has 0 fully saturated rings. The molecule has 2 nitrogen and oxygen atoms in total. The third kappa shape index (κ3) is 2.01. The second kappa shape index (κ2) is 5.15. The van der Waals surface area contributed by atoms with Crippen molar-refractivity contribution in [2.45, 2.75) is 5.92 Å². The Hall–Kier alpha value is -2.87. The Labute approximate surface area is 129 Å². The van der Waals surface area contributed by atoms with E-state index in [1.807, 2.05) is 48.5 Å². The van der Waals surface area contributed by atoms with Crippen molar-refractivity contribution in [3.05, 3.63) is 83.9 Å². The highest BCUT2D eigenvalue weighted by Gasteiger charge is 2.28. The molecule has 0 bridgehead atoms. The number of rotatable bonds is 3. The number of carbonyl (C=O) groups is 1. The fourth-order valence-electron chi connectivity index (χ4n) is 3.16. The van der Waals surface area contributed by atoms with Crippen molar-refractivity contribution in [3.8, 4) is 11.1 Å². The Morgan fingerprint density at radius 1 is 0.727 bits per heavy atom. The van der Waals surface area contributed by atoms with E-state index in [-0.39, 0.29) is 5.92 Å². The van der Waals surface area contributed by atoms with E-state index < -0.39 is 0 Å². The van der Waals surface area contributed by atoms with Gasteiger partial charge in [0.25, 0.3) is 0 Å². The number of para-hydroxylation sites is 1. The van der Waals surface area contributed by atoms with Gasteiger partial charge in [0.15, 0.2) is 0 Å². The molecule has 1 atom stereocenters. The SMILES string of the molecule is O=CC1c2ccccc2-c2ccc(Nc3ccccc3)cc21. The largest absolute Gasteiger partial charge is 0.356 e. The molecular weight excluding hydrogens is 270 g/mol. The van der Waals surface area contributed by atoms with Gasteiger partial charge >= 0.3 is 0 Å². The first kappa shape index (κ1) is 12.8. The van der Waals surface area contributed by atoms with Gasteiger partial charge in [-0.1, -0.05) is 48.5 Å². The first-order valence-corrected chi connectivity index (χ1v) is 7.37. The molecule has 1 unspecified atom stereocenters. The van der Waals surface area contributed by atoms with Gasteiger partial charge in [-0.15, -0.1) is 0 Å². The van der Waals surface area contributed by atoms with Crippen LogP contribution < -0.4 is 5.32 Å². The number of hydrogen-bond donors (Lipinski definition) is 1. The van der Waals surface area contributed by atoms with Crippen molar-refractivity contribution in [2.24, 2.45) is 0 Å². The van der Waals surface area contributed by atoms with Crippen LogP contribution in [0.25, 0.3) is 11.1 Å². The van der Waals surface area contributed by atoms with Crippen molar-refractivity contribution in [2.75, 3.05) is 5.32 Å². The van der Waals surface area contributed by atoms with Crippen LogP contribution in [0.15, 0.2) is 72.8 Å². The Morgan fingerprint density at radius 3 is 2.27 bits per heavy atom. The monoisotopic (exact) mass is 285 g/mol. The van der Waals surface area contributed by atoms with E-state index in [1.165, 1.54) is 5.56 Å². The topological polar surface area (TPSA) is 29.1 Å². The highest BCUT2D eigenvalue weighted by molar-refractivity contribution is 5.89. The maximum atomic E-state index is 11.6. The number of hydrogen-bond acceptors (Lipinski definition) is 2. The van der Waals surface area contributed by atoms with Gasteiger partial charge in [-0.3, -0.25) is 0 Å². The molecule has 2 heteroatoms. The highest BCUT2D eigenvalue weighted by atomic mass is 16.1. The lowest BCUT2D eigenvalue weighted by Gasteiger charge is -2.10. The summed E-state index contributed by atoms with van der Waals surface area (Å²) in [5.74, 6) is -0.163. The maximum Gasteiger partial charge on any atom is 0.131 e. The first-order chi connectivity index (χ1) is 10.9. The molecule has 3 aromatic carbocycles. The normalized spacial score (nSPS) is 15.0. The number of benzene rings is 3. The van der Waals surface area contributed by atoms with E-state index in [1.54, 1.807) is 0 Å². The molecule has 0 heterocycles. The van der Waals surface area contributed by atoms with Crippen molar-refractivity contribution in [3.63, 3.8) is 0 Å². The number of carbonyl (C=O) groups excluding carboxylic acids is 1. The summed E-state index contributed by atoms with van der Waals surface area (Å²) in [5.41, 5.74) is 6.55. The van der Waals surface area contributed by atoms with Crippen LogP contribution in [0.4, 0.5) is 11.4 Å². The molecule has 22 heavy (non-hydrogen) atoms. The van der Waals surface area contributed by atoms with Gasteiger partial charge in [-0.25, -0.2) is 0 Å². The first-order valence-electron chi connectivity index (χ1n) is 7.37. The molecule has 0 saturated heterocycles. The van der Waals surface area contributed by atoms with Crippen molar-refractivity contribution < 1.29 is 4.79 Å². The lowest BCUT2D eigenvalue weighted by molar-refractivity contribution is -0.108. The van der Waals surface area contributed by atoms with Crippen LogP contribution in [0.3, 0.4) is 0 Å². The summed E-state index contributed by atoms with van der Waals surface area (Å²) in [6, 6.07) is 24.4. The van der Waals surface area contributed by atoms with Gasteiger partial charge in [-0.2, -0.15) is 0 Å². The van der Waals surface area contributed by atoms with Gasteiger partial charge in [0.05, 0.1) is 5.92 Å². The third-order valence-electron chi connectivity index (χ3n) is 4.17. The lowest BCUT2D eigenvalue weighted by Crippen LogP contribution is -1.98. The molecule has 1 aliphatic carbocycles. The Bertz CT molecular complexity index is 839. The molecule has 0 aromatic heterocycles. The van der Waals surface area contributed by atoms with Crippen LogP contribution in [0, 0.1) is 0 Å². The summed E-state index contributed by atoms with van der Waals surface area (Å²) in [4.78, 5) is 11.6. The van der Waals surface area contributed by atoms with E-state index in [0.717, 1.165) is 34.4 Å². The number of anilines is 2. The third-order valence-corrected chi connectivity index (χ3v) is 4.17. The average Bonchev–Trinajstić information content (AvgIpc) is 2.89. The van der Waals surface area contributed by atoms with Crippen molar-refractivity contribution >= 4 is 17.7 Å². The predicted octanol–water partition coefficient (Wildman–Crippen LogP) is 4.74. The highest BCUT2D eigenvalue weighted by Crippen LogP contribution is 2.44. The van der Waals surface area contributed by atoms with Crippen molar-refractivity contribution in [1.29, 1.82) is 0 Å². The molecule has 0 saturated carbocycles. The van der Waals surface area contributed by atoms with Crippen LogP contribution in [-0.4, -0.2) is 6.29 Å². The molecule has 0 spiro atoms. The summed E-state index contributed by atoms with van der Waals surface area (Å²) < 4.78 is 0. The molecule has 3 aromatic rings. The Kier molecular flexibility index (Phi) is 3.01. The van der Waals surface area contributed by atoms with Gasteiger partial charge in [0.2, 0.25) is 0 Å². The second-order valence-electron chi connectivity index (χ2n) is 5.49. The zero-order valence-electron chi connectivity index (χ0n) is 12.0. The van der Waals surface area contributed by atoms with Crippen LogP contribution >= 0.6 is 0 Å². The van der Waals surface area contributed by atoms with E-state index in [9.17, 15) is 4.79 Å². The average molecular weight is 285 g/mol. The molecule has 4 rings (SSSR count). The molecule has 106 valence electrons. The van der Waals surface area contributed by atoms with Crippen LogP contribution in [0.1, 0.15) is 17.0 Å². The molecule has 1 N–H and O–H groups in total. The van der Waals surface area contributed by atoms with E-state index in [4.69, 9.17) is 0 Å². The van der Waals surface area contributed by atoms with E-state index in [2.05, 4.69) is 29.6 Å². The van der Waals surface area contributed by atoms with Crippen LogP contribution in [-0.2, 0) is 4.79 Å². The minimum atomic E-state index is -0.163. The fourth-order valence-corrected chi connectivity index (χ4v) is 3.16. The Morgan fingerprint density at radius 2 is 1.45 bits per heavy atom. The fraction of sp³-hybridized carbons (Fsp3) is 0.0500. The number of nitrogens with one attached hydrogen (secondary N) is 1. The van der Waals surface area contributed by atoms with Gasteiger partial charge < -0.3 is 10.1 Å². The van der Waals surface area contributed by atoms with E-state index >= 15 is 0 Å². The lowest BCUT2D eigenvalue weighted by atomic mass is 9.98. The summed E-state index contributed by atoms with van der Waals surface area (Å²) in [6.45, 7) is 0. The zero-order chi connectivity index (χ0) is 14.9. The van der Waals surface area contributed by atoms with Gasteiger partial charge in [0.1, 0.15) is 6.29 Å². The summed E-state index contributed by atoms with van der Waals surface area (Å²) >= 11 is 0. The summed E-state index contributed by atoms with van der Waals surface area (Å²) in [7, 11) is 0. The molecule has 1 aliphatic rings. The minimum Gasteiger partial charge on any atom is -0.356 e. The zero-order valence-corrected chi connectivity index (χ0v) is 12.0. The molecule has 0 radical (unpaired) electrons. The Balaban J connectivity index is 1.77. The van der Waals surface area contributed by atoms with Crippen LogP contribution in [0.5, 0.6) is 0 Å². The minimum absolute atomic E-state index is 0.163.